The van der Waals surface area contributed by atoms with Gasteiger partial charge < -0.3 is 14.9 Å². The van der Waals surface area contributed by atoms with E-state index in [9.17, 15) is 9.59 Å². The van der Waals surface area contributed by atoms with Crippen molar-refractivity contribution in [1.82, 2.24) is 0 Å². The van der Waals surface area contributed by atoms with E-state index in [1.165, 1.54) is 25.7 Å². The Morgan fingerprint density at radius 3 is 1.96 bits per heavy atom. The predicted molar refractivity (Wildman–Crippen MR) is 103 cm³/mol. The van der Waals surface area contributed by atoms with Crippen molar-refractivity contribution in [3.63, 3.8) is 0 Å². The number of esters is 2. The molecule has 0 amide bonds. The van der Waals surface area contributed by atoms with Crippen LogP contribution in [0.3, 0.4) is 0 Å². The number of aliphatic hydroxyl groups is 2. The van der Waals surface area contributed by atoms with Gasteiger partial charge in [0, 0.05) is 6.42 Å². The molecule has 0 aliphatic heterocycles. The van der Waals surface area contributed by atoms with Crippen LogP contribution in [0.2, 0.25) is 0 Å². The van der Waals surface area contributed by atoms with Crippen molar-refractivity contribution >= 4 is 11.9 Å². The lowest BCUT2D eigenvalue weighted by Crippen LogP contribution is -2.28. The van der Waals surface area contributed by atoms with E-state index in [0.29, 0.717) is 6.42 Å². The first-order chi connectivity index (χ1) is 12.6. The number of unbranched alkanes of at least 4 members (excludes halogenated alkanes) is 5. The minimum absolute atomic E-state index is 0.127. The highest BCUT2D eigenvalue weighted by Crippen LogP contribution is 2.04. The average Bonchev–Trinajstić information content (AvgIpc) is 2.64. The van der Waals surface area contributed by atoms with Gasteiger partial charge in [-0.2, -0.15) is 0 Å². The van der Waals surface area contributed by atoms with Gasteiger partial charge in [0.25, 0.3) is 0 Å². The van der Waals surface area contributed by atoms with E-state index in [-0.39, 0.29) is 6.42 Å². The van der Waals surface area contributed by atoms with Gasteiger partial charge in [-0.05, 0) is 44.9 Å². The van der Waals surface area contributed by atoms with Crippen LogP contribution in [0, 0.1) is 0 Å². The van der Waals surface area contributed by atoms with Crippen molar-refractivity contribution in [2.75, 3.05) is 6.61 Å². The largest absolute Gasteiger partial charge is 0.393 e. The second-order valence-corrected chi connectivity index (χ2v) is 6.12. The summed E-state index contributed by atoms with van der Waals surface area (Å²) in [5.41, 5.74) is 0. The molecule has 1 unspecified atom stereocenters. The quantitative estimate of drug-likeness (QED) is 0.198. The first-order valence-corrected chi connectivity index (χ1v) is 9.60. The Bertz CT molecular complexity index is 451. The van der Waals surface area contributed by atoms with Gasteiger partial charge in [0.1, 0.15) is 0 Å². The molecule has 0 saturated heterocycles. The lowest BCUT2D eigenvalue weighted by molar-refractivity contribution is -0.167. The summed E-state index contributed by atoms with van der Waals surface area (Å²) in [6.45, 7) is 1.46. The summed E-state index contributed by atoms with van der Waals surface area (Å²) >= 11 is 0. The van der Waals surface area contributed by atoms with Crippen LogP contribution in [0.25, 0.3) is 0 Å². The second-order valence-electron chi connectivity index (χ2n) is 6.12. The Kier molecular flexibility index (Phi) is 16.9. The summed E-state index contributed by atoms with van der Waals surface area (Å²) in [4.78, 5) is 22.4. The lowest BCUT2D eigenvalue weighted by Gasteiger charge is -2.05. The molecule has 1 atom stereocenters. The van der Waals surface area contributed by atoms with Gasteiger partial charge >= 0.3 is 11.9 Å². The third-order valence-corrected chi connectivity index (χ3v) is 3.68. The summed E-state index contributed by atoms with van der Waals surface area (Å²) in [7, 11) is 0. The van der Waals surface area contributed by atoms with Crippen molar-refractivity contribution in [2.45, 2.75) is 77.2 Å². The van der Waals surface area contributed by atoms with Crippen LogP contribution in [-0.2, 0) is 14.3 Å². The molecule has 0 rings (SSSR count). The number of hydrogen-bond donors (Lipinski definition) is 2. The fraction of sp³-hybridized carbons (Fsp3) is 0.619. The third kappa shape index (κ3) is 15.8. The monoisotopic (exact) mass is 366 g/mol. The van der Waals surface area contributed by atoms with E-state index < -0.39 is 24.6 Å². The number of rotatable bonds is 15. The Balaban J connectivity index is 3.54. The normalized spacial score (nSPS) is 13.0. The molecule has 0 fully saturated rings. The van der Waals surface area contributed by atoms with Crippen molar-refractivity contribution in [3.05, 3.63) is 36.5 Å². The zero-order chi connectivity index (χ0) is 19.5. The van der Waals surface area contributed by atoms with Gasteiger partial charge in [0.2, 0.25) is 0 Å². The topological polar surface area (TPSA) is 83.8 Å². The summed E-state index contributed by atoms with van der Waals surface area (Å²) in [6, 6.07) is 0. The number of aliphatic hydroxyl groups excluding tert-OH is 2. The number of carbonyl (C=O) groups is 2. The minimum Gasteiger partial charge on any atom is -0.393 e. The predicted octanol–water partition coefficient (Wildman–Crippen LogP) is 4.00. The Labute approximate surface area is 157 Å². The molecule has 0 bridgehead atoms. The molecule has 0 saturated carbocycles. The maximum atomic E-state index is 11.3. The van der Waals surface area contributed by atoms with Gasteiger partial charge in [-0.1, -0.05) is 56.2 Å². The fourth-order valence-electron chi connectivity index (χ4n) is 2.13. The van der Waals surface area contributed by atoms with E-state index in [1.54, 1.807) is 0 Å². The summed E-state index contributed by atoms with van der Waals surface area (Å²) in [5.74, 6) is -1.77. The van der Waals surface area contributed by atoms with Gasteiger partial charge in [0.05, 0.1) is 6.61 Å². The molecule has 0 aromatic heterocycles. The Morgan fingerprint density at radius 2 is 1.42 bits per heavy atom. The van der Waals surface area contributed by atoms with Gasteiger partial charge in [-0.15, -0.1) is 0 Å². The van der Waals surface area contributed by atoms with E-state index >= 15 is 0 Å². The maximum Gasteiger partial charge on any atom is 0.345 e. The molecule has 0 aliphatic carbocycles. The molecule has 0 aromatic rings. The molecular weight excluding hydrogens is 332 g/mol. The molecule has 0 spiro atoms. The zero-order valence-electron chi connectivity index (χ0n) is 15.9. The van der Waals surface area contributed by atoms with E-state index in [2.05, 4.69) is 48.1 Å². The highest BCUT2D eigenvalue weighted by molar-refractivity contribution is 5.87. The number of carbonyl (C=O) groups excluding carboxylic acids is 2. The molecular formula is C21H34O5. The van der Waals surface area contributed by atoms with E-state index in [0.717, 1.165) is 25.7 Å². The first-order valence-electron chi connectivity index (χ1n) is 9.60. The summed E-state index contributed by atoms with van der Waals surface area (Å²) in [5, 5.41) is 17.5. The van der Waals surface area contributed by atoms with Crippen molar-refractivity contribution in [1.29, 1.82) is 0 Å². The van der Waals surface area contributed by atoms with Crippen molar-refractivity contribution in [2.24, 2.45) is 0 Å². The number of hydrogen-bond acceptors (Lipinski definition) is 5. The van der Waals surface area contributed by atoms with Crippen LogP contribution in [-0.4, -0.2) is 34.9 Å². The average molecular weight is 366 g/mol. The Morgan fingerprint density at radius 1 is 0.885 bits per heavy atom. The summed E-state index contributed by atoms with van der Waals surface area (Å²) in [6.07, 6.45) is 20.6. The highest BCUT2D eigenvalue weighted by Gasteiger charge is 2.18. The van der Waals surface area contributed by atoms with Crippen LogP contribution in [0.4, 0.5) is 0 Å². The molecule has 0 radical (unpaired) electrons. The smallest absolute Gasteiger partial charge is 0.345 e. The maximum absolute atomic E-state index is 11.3. The van der Waals surface area contributed by atoms with E-state index in [1.807, 2.05) is 0 Å². The lowest BCUT2D eigenvalue weighted by atomic mass is 10.1. The number of allylic oxidation sites excluding steroid dienone is 6. The molecule has 0 aromatic carbocycles. The van der Waals surface area contributed by atoms with Gasteiger partial charge in [0.15, 0.2) is 6.10 Å². The van der Waals surface area contributed by atoms with Crippen LogP contribution >= 0.6 is 0 Å². The first kappa shape index (κ1) is 24.3. The van der Waals surface area contributed by atoms with Gasteiger partial charge in [-0.3, -0.25) is 4.79 Å². The molecule has 0 aliphatic rings. The molecule has 26 heavy (non-hydrogen) atoms. The van der Waals surface area contributed by atoms with Crippen LogP contribution in [0.1, 0.15) is 71.1 Å². The minimum atomic E-state index is -1.65. The van der Waals surface area contributed by atoms with Crippen molar-refractivity contribution in [3.8, 4) is 0 Å². The second kappa shape index (κ2) is 18.1. The number of ether oxygens (including phenoxy) is 1. The molecule has 5 nitrogen and oxygen atoms in total. The molecule has 2 N–H and O–H groups in total. The van der Waals surface area contributed by atoms with Crippen molar-refractivity contribution < 1.29 is 24.5 Å². The molecule has 0 heterocycles. The molecule has 5 heteroatoms. The Hall–Kier alpha value is -1.72. The standard InChI is InChI=1S/C21H34O5/c1-2-3-4-5-6-7-8-9-10-11-12-13-14-15-16-17-20(24)26-21(25)19(23)18-22/h6-7,9-10,12-13,19,22-23H,2-5,8,11,14-18H2,1H3/b7-6-,10-9-,13-12-. The fourth-order valence-corrected chi connectivity index (χ4v) is 2.13. The van der Waals surface area contributed by atoms with Crippen LogP contribution in [0.5, 0.6) is 0 Å². The van der Waals surface area contributed by atoms with E-state index in [4.69, 9.17) is 10.2 Å². The third-order valence-electron chi connectivity index (χ3n) is 3.68. The SMILES string of the molecule is CCCCC/C=C\C/C=C\C/C=C\CCCCC(=O)OC(=O)C(O)CO. The zero-order valence-corrected chi connectivity index (χ0v) is 15.9. The highest BCUT2D eigenvalue weighted by atomic mass is 16.6. The molecule has 148 valence electrons. The van der Waals surface area contributed by atoms with Crippen LogP contribution in [0.15, 0.2) is 36.5 Å². The van der Waals surface area contributed by atoms with Gasteiger partial charge in [-0.25, -0.2) is 4.79 Å². The van der Waals surface area contributed by atoms with Crippen LogP contribution < -0.4 is 0 Å². The summed E-state index contributed by atoms with van der Waals surface area (Å²) < 4.78 is 4.40.